The van der Waals surface area contributed by atoms with Gasteiger partial charge in [0.2, 0.25) is 0 Å². The summed E-state index contributed by atoms with van der Waals surface area (Å²) in [6.07, 6.45) is 6.15. The second-order valence-electron chi connectivity index (χ2n) is 4.86. The van der Waals surface area contributed by atoms with E-state index in [9.17, 15) is 4.39 Å². The Morgan fingerprint density at radius 2 is 2.24 bits per heavy atom. The molecule has 0 heterocycles. The predicted molar refractivity (Wildman–Crippen MR) is 72.6 cm³/mol. The number of nitrogens with one attached hydrogen (secondary N) is 1. The molecule has 0 spiro atoms. The highest BCUT2D eigenvalue weighted by Crippen LogP contribution is 2.34. The van der Waals surface area contributed by atoms with Gasteiger partial charge in [-0.3, -0.25) is 0 Å². The molecule has 2 rings (SSSR count). The minimum atomic E-state index is -0.174. The monoisotopic (exact) mass is 299 g/mol. The minimum absolute atomic E-state index is 0.174. The molecule has 17 heavy (non-hydrogen) atoms. The quantitative estimate of drug-likeness (QED) is 0.840. The molecule has 0 bridgehead atoms. The molecule has 3 heteroatoms. The van der Waals surface area contributed by atoms with Gasteiger partial charge in [0.25, 0.3) is 0 Å². The van der Waals surface area contributed by atoms with Crippen molar-refractivity contribution >= 4 is 15.9 Å². The fraction of sp³-hybridized carbons (Fsp3) is 0.571. The number of hydrogen-bond acceptors (Lipinski definition) is 1. The highest BCUT2D eigenvalue weighted by Gasteiger charge is 2.29. The Labute approximate surface area is 111 Å². The highest BCUT2D eigenvalue weighted by molar-refractivity contribution is 9.10. The number of halogens is 2. The van der Waals surface area contributed by atoms with Crippen molar-refractivity contribution in [2.45, 2.75) is 38.1 Å². The molecule has 1 N–H and O–H groups in total. The maximum absolute atomic E-state index is 12.9. The Morgan fingerprint density at radius 3 is 2.82 bits per heavy atom. The van der Waals surface area contributed by atoms with E-state index in [-0.39, 0.29) is 5.82 Å². The zero-order valence-corrected chi connectivity index (χ0v) is 11.8. The molecule has 1 aliphatic carbocycles. The summed E-state index contributed by atoms with van der Waals surface area (Å²) in [4.78, 5) is 0. The van der Waals surface area contributed by atoms with E-state index in [1.54, 1.807) is 6.07 Å². The average Bonchev–Trinajstić information content (AvgIpc) is 3.11. The lowest BCUT2D eigenvalue weighted by molar-refractivity contribution is 0.456. The number of aryl methyl sites for hydroxylation is 1. The van der Waals surface area contributed by atoms with Crippen LogP contribution in [0.25, 0.3) is 0 Å². The van der Waals surface area contributed by atoms with E-state index >= 15 is 0 Å². The molecule has 1 saturated carbocycles. The summed E-state index contributed by atoms with van der Waals surface area (Å²) in [5.41, 5.74) is 1.21. The van der Waals surface area contributed by atoms with Crippen molar-refractivity contribution in [1.82, 2.24) is 5.32 Å². The van der Waals surface area contributed by atoms with Crippen LogP contribution in [0.4, 0.5) is 4.39 Å². The molecule has 1 aliphatic rings. The van der Waals surface area contributed by atoms with Crippen molar-refractivity contribution in [2.24, 2.45) is 5.92 Å². The molecule has 1 aromatic rings. The van der Waals surface area contributed by atoms with Crippen molar-refractivity contribution in [2.75, 3.05) is 7.05 Å². The van der Waals surface area contributed by atoms with Crippen LogP contribution >= 0.6 is 15.9 Å². The molecule has 0 aliphatic heterocycles. The third-order valence-corrected chi connectivity index (χ3v) is 4.28. The predicted octanol–water partition coefficient (Wildman–Crippen LogP) is 3.91. The molecule has 1 aromatic carbocycles. The standard InChI is InChI=1S/C14H19BrFN/c1-17-14(11-5-6-11)4-2-3-10-7-8-12(16)9-13(10)15/h7-9,11,14,17H,2-6H2,1H3. The summed E-state index contributed by atoms with van der Waals surface area (Å²) < 4.78 is 13.8. The van der Waals surface area contributed by atoms with Crippen molar-refractivity contribution in [3.8, 4) is 0 Å². The lowest BCUT2D eigenvalue weighted by Crippen LogP contribution is -2.27. The van der Waals surface area contributed by atoms with Crippen LogP contribution in [0.5, 0.6) is 0 Å². The molecule has 0 amide bonds. The molecule has 1 nitrogen and oxygen atoms in total. The lowest BCUT2D eigenvalue weighted by atomic mass is 10.0. The van der Waals surface area contributed by atoms with E-state index in [0.29, 0.717) is 6.04 Å². The smallest absolute Gasteiger partial charge is 0.124 e. The number of benzene rings is 1. The normalized spacial score (nSPS) is 17.1. The van der Waals surface area contributed by atoms with Crippen LogP contribution < -0.4 is 5.32 Å². The second kappa shape index (κ2) is 5.96. The van der Waals surface area contributed by atoms with Crippen molar-refractivity contribution in [3.63, 3.8) is 0 Å². The van der Waals surface area contributed by atoms with Gasteiger partial charge in [-0.15, -0.1) is 0 Å². The largest absolute Gasteiger partial charge is 0.317 e. The maximum atomic E-state index is 12.9. The first-order valence-electron chi connectivity index (χ1n) is 6.32. The molecule has 0 aromatic heterocycles. The molecule has 94 valence electrons. The molecule has 1 unspecified atom stereocenters. The first kappa shape index (κ1) is 13.0. The zero-order valence-electron chi connectivity index (χ0n) is 10.2. The molecular formula is C14H19BrFN. The first-order valence-corrected chi connectivity index (χ1v) is 7.11. The molecule has 1 atom stereocenters. The van der Waals surface area contributed by atoms with Gasteiger partial charge in [0, 0.05) is 10.5 Å². The fourth-order valence-corrected chi connectivity index (χ4v) is 2.90. The third kappa shape index (κ3) is 3.78. The minimum Gasteiger partial charge on any atom is -0.317 e. The van der Waals surface area contributed by atoms with Gasteiger partial charge in [-0.05, 0) is 62.8 Å². The van der Waals surface area contributed by atoms with Crippen molar-refractivity contribution < 1.29 is 4.39 Å². The van der Waals surface area contributed by atoms with E-state index in [2.05, 4.69) is 28.3 Å². The van der Waals surface area contributed by atoms with Crippen LogP contribution in [0.1, 0.15) is 31.2 Å². The summed E-state index contributed by atoms with van der Waals surface area (Å²) in [6, 6.07) is 5.64. The number of hydrogen-bond donors (Lipinski definition) is 1. The van der Waals surface area contributed by atoms with E-state index in [1.165, 1.54) is 30.9 Å². The van der Waals surface area contributed by atoms with Crippen LogP contribution in [0, 0.1) is 11.7 Å². The fourth-order valence-electron chi connectivity index (χ4n) is 2.35. The summed E-state index contributed by atoms with van der Waals surface area (Å²) in [6.45, 7) is 0. The molecule has 0 saturated heterocycles. The first-order chi connectivity index (χ1) is 8.20. The van der Waals surface area contributed by atoms with Gasteiger partial charge in [-0.2, -0.15) is 0 Å². The molecule has 0 radical (unpaired) electrons. The van der Waals surface area contributed by atoms with E-state index < -0.39 is 0 Å². The van der Waals surface area contributed by atoms with Crippen LogP contribution in [-0.2, 0) is 6.42 Å². The van der Waals surface area contributed by atoms with Gasteiger partial charge in [0.05, 0.1) is 0 Å². The van der Waals surface area contributed by atoms with Gasteiger partial charge in [0.15, 0.2) is 0 Å². The van der Waals surface area contributed by atoms with Crippen LogP contribution in [0.15, 0.2) is 22.7 Å². The average molecular weight is 300 g/mol. The van der Waals surface area contributed by atoms with Crippen molar-refractivity contribution in [1.29, 1.82) is 0 Å². The molecular weight excluding hydrogens is 281 g/mol. The van der Waals surface area contributed by atoms with Gasteiger partial charge < -0.3 is 5.32 Å². The third-order valence-electron chi connectivity index (χ3n) is 3.54. The number of rotatable bonds is 6. The second-order valence-corrected chi connectivity index (χ2v) is 5.71. The lowest BCUT2D eigenvalue weighted by Gasteiger charge is -2.15. The Morgan fingerprint density at radius 1 is 1.47 bits per heavy atom. The van der Waals surface area contributed by atoms with E-state index in [0.717, 1.165) is 23.2 Å². The van der Waals surface area contributed by atoms with Gasteiger partial charge in [-0.1, -0.05) is 22.0 Å². The SMILES string of the molecule is CNC(CCCc1ccc(F)cc1Br)C1CC1. The topological polar surface area (TPSA) is 12.0 Å². The van der Waals surface area contributed by atoms with E-state index in [4.69, 9.17) is 0 Å². The van der Waals surface area contributed by atoms with Crippen LogP contribution in [0.2, 0.25) is 0 Å². The molecule has 1 fully saturated rings. The summed E-state index contributed by atoms with van der Waals surface area (Å²) in [7, 11) is 2.05. The van der Waals surface area contributed by atoms with Gasteiger partial charge in [-0.25, -0.2) is 4.39 Å². The van der Waals surface area contributed by atoms with Crippen LogP contribution in [-0.4, -0.2) is 13.1 Å². The van der Waals surface area contributed by atoms with Crippen molar-refractivity contribution in [3.05, 3.63) is 34.1 Å². The maximum Gasteiger partial charge on any atom is 0.124 e. The van der Waals surface area contributed by atoms with Crippen LogP contribution in [0.3, 0.4) is 0 Å². The van der Waals surface area contributed by atoms with Gasteiger partial charge >= 0.3 is 0 Å². The van der Waals surface area contributed by atoms with Gasteiger partial charge in [0.1, 0.15) is 5.82 Å². The summed E-state index contributed by atoms with van der Waals surface area (Å²) >= 11 is 3.42. The summed E-state index contributed by atoms with van der Waals surface area (Å²) in [5.74, 6) is 0.725. The Kier molecular flexibility index (Phi) is 4.57. The van der Waals surface area contributed by atoms with E-state index in [1.807, 2.05) is 6.07 Å². The zero-order chi connectivity index (χ0) is 12.3. The summed E-state index contributed by atoms with van der Waals surface area (Å²) in [5, 5.41) is 3.40. The Bertz CT molecular complexity index is 376. The highest BCUT2D eigenvalue weighted by atomic mass is 79.9. The Balaban J connectivity index is 1.80. The Hall–Kier alpha value is -0.410.